The molecule has 0 saturated carbocycles. The van der Waals surface area contributed by atoms with Crippen molar-refractivity contribution < 1.29 is 58.9 Å². The third-order valence-corrected chi connectivity index (χ3v) is 19.2. The van der Waals surface area contributed by atoms with Gasteiger partial charge in [0.15, 0.2) is 11.9 Å². The summed E-state index contributed by atoms with van der Waals surface area (Å²) in [7, 11) is -2.58. The maximum Gasteiger partial charge on any atom is 1.00 e. The van der Waals surface area contributed by atoms with Crippen molar-refractivity contribution in [3.63, 3.8) is 0 Å². The van der Waals surface area contributed by atoms with Crippen LogP contribution in [0.15, 0.2) is 131 Å². The third kappa shape index (κ3) is 10.5. The normalized spacial score (nSPS) is 16.7. The second kappa shape index (κ2) is 20.7. The fourth-order valence-electron chi connectivity index (χ4n) is 6.69. The first-order valence-electron chi connectivity index (χ1n) is 17.4. The quantitative estimate of drug-likeness (QED) is 0.249. The monoisotopic (exact) mass is 810 g/mol. The maximum absolute atomic E-state index is 7.55. The Balaban J connectivity index is 0.000000289. The number of hydrogen-bond donors (Lipinski definition) is 1. The second-order valence-electron chi connectivity index (χ2n) is 12.5. The summed E-state index contributed by atoms with van der Waals surface area (Å²) < 4.78 is 2.43. The predicted molar refractivity (Wildman–Crippen MR) is 220 cm³/mol. The van der Waals surface area contributed by atoms with Crippen molar-refractivity contribution in [3.05, 3.63) is 121 Å². The number of nitrogens with zero attached hydrogens (tertiary/aromatic N) is 5. The zero-order chi connectivity index (χ0) is 33.9. The van der Waals surface area contributed by atoms with Crippen LogP contribution < -0.4 is 77.4 Å². The van der Waals surface area contributed by atoms with Crippen LogP contribution in [-0.2, 0) is 0 Å². The Bertz CT molecular complexity index is 1610. The molecule has 4 aromatic carbocycles. The number of benzene rings is 4. The molecule has 0 atom stereocenters. The molecule has 4 aliphatic rings. The summed E-state index contributed by atoms with van der Waals surface area (Å²) in [6.07, 6.45) is 4.77. The smallest absolute Gasteiger partial charge is 1.00 e. The van der Waals surface area contributed by atoms with Crippen LogP contribution in [0.25, 0.3) is 0 Å². The van der Waals surface area contributed by atoms with Crippen LogP contribution in [0, 0.1) is 0 Å². The summed E-state index contributed by atoms with van der Waals surface area (Å²) in [6, 6.07) is 40.9. The number of rotatable bonds is 5. The predicted octanol–water partition coefficient (Wildman–Crippen LogP) is 2.53. The van der Waals surface area contributed by atoms with E-state index in [0.29, 0.717) is 0 Å². The molecule has 8 rings (SSSR count). The zero-order valence-corrected chi connectivity index (χ0v) is 36.7. The molecular weight excluding hydrogens is 761 g/mol. The van der Waals surface area contributed by atoms with Crippen LogP contribution in [0.5, 0.6) is 0 Å². The van der Waals surface area contributed by atoms with Crippen LogP contribution in [0.4, 0.5) is 4.70 Å². The Labute approximate surface area is 364 Å². The molecule has 0 radical (unpaired) electrons. The first-order valence-corrected chi connectivity index (χ1v) is 24.4. The standard InChI is InChI=1S/C19H22ClN3Si.C12H10Cl2Si.C7H13N3.FH.K.H2.H/c20-24(17-9-3-1-4-10-17,18-11-5-2-6-12-18)23-16-8-15-22-14-7-13-21-19(22)23;13-15(14,11-7-3-1-4-8-11)12-9-5-2-6-10-12;1-3-8-7-9-4-2-6-10(7)5-1;;;;/h1-6,9-12H,7-8,13-16H2;1-10H;1-6H2,(H,8,9);1H;;1H;/q;;;;+1;;-1/i;;;;;1+2;. The van der Waals surface area contributed by atoms with Crippen molar-refractivity contribution in [3.8, 4) is 0 Å². The van der Waals surface area contributed by atoms with Gasteiger partial charge in [-0.25, -0.2) is 0 Å². The Hall–Kier alpha value is -1.71. The Morgan fingerprint density at radius 3 is 1.49 bits per heavy atom. The van der Waals surface area contributed by atoms with E-state index in [2.05, 4.69) is 85.3 Å². The molecule has 268 valence electrons. The minimum Gasteiger partial charge on any atom is -1.00 e. The SMILES string of the molecule is C1CN=C2NCCCN2C1.Cl[Si](Cl)(c1ccccc1)c1ccccc1.Cl[Si](c1ccccc1)(c1ccccc1)N1CCCN2CCCN=C21.F.[3HH].[H-].[K+]. The molecule has 4 aromatic rings. The van der Waals surface area contributed by atoms with Crippen molar-refractivity contribution in [1.29, 1.82) is 0 Å². The van der Waals surface area contributed by atoms with Crippen molar-refractivity contribution in [1.82, 2.24) is 19.7 Å². The molecule has 1 N–H and O–H groups in total. The second-order valence-corrected chi connectivity index (χ2v) is 23.4. The van der Waals surface area contributed by atoms with Crippen molar-refractivity contribution in [2.75, 3.05) is 52.4 Å². The number of guanidine groups is 2. The van der Waals surface area contributed by atoms with Gasteiger partial charge in [0.2, 0.25) is 0 Å². The van der Waals surface area contributed by atoms with Crippen LogP contribution in [0.1, 0.15) is 28.5 Å². The summed E-state index contributed by atoms with van der Waals surface area (Å²) in [5.41, 5.74) is 0. The van der Waals surface area contributed by atoms with Crippen LogP contribution >= 0.6 is 33.2 Å². The summed E-state index contributed by atoms with van der Waals surface area (Å²) >= 11 is 20.5. The molecule has 0 aliphatic carbocycles. The van der Waals surface area contributed by atoms with Gasteiger partial charge in [-0.2, -0.15) is 0 Å². The Morgan fingerprint density at radius 2 is 0.980 bits per heavy atom. The van der Waals surface area contributed by atoms with E-state index in [9.17, 15) is 0 Å². The number of fused-ring (bicyclic) bond motifs is 2. The fourth-order valence-corrected chi connectivity index (χ4v) is 14.2. The van der Waals surface area contributed by atoms with E-state index in [1.54, 1.807) is 0 Å². The topological polar surface area (TPSA) is 46.5 Å². The van der Waals surface area contributed by atoms with E-state index in [1.807, 2.05) is 60.7 Å². The van der Waals surface area contributed by atoms with E-state index >= 15 is 0 Å². The van der Waals surface area contributed by atoms with Gasteiger partial charge in [-0.3, -0.25) is 14.7 Å². The van der Waals surface area contributed by atoms with Gasteiger partial charge < -0.3 is 21.1 Å². The minimum atomic E-state index is -2.58. The summed E-state index contributed by atoms with van der Waals surface area (Å²) in [4.78, 5) is 14.0. The number of aliphatic imine (C=N–C) groups is 2. The number of nitrogens with one attached hydrogen (secondary N) is 1. The largest absolute Gasteiger partial charge is 1.00 e. The van der Waals surface area contributed by atoms with Crippen LogP contribution in [-0.4, -0.2) is 92.9 Å². The molecule has 0 amide bonds. The molecule has 4 aliphatic heterocycles. The van der Waals surface area contributed by atoms with Gasteiger partial charge in [-0.05, 0) is 46.4 Å². The first kappa shape index (κ1) is 42.0. The molecular formula is C38H49Cl3FKN6Si2. The fraction of sp³-hybridized carbons (Fsp3) is 0.316. The van der Waals surface area contributed by atoms with Gasteiger partial charge >= 0.3 is 65.6 Å². The molecule has 2 saturated heterocycles. The van der Waals surface area contributed by atoms with Crippen molar-refractivity contribution >= 4 is 80.1 Å². The number of hydrogen-bond acceptors (Lipinski definition) is 6. The Kier molecular flexibility index (Phi) is 17.0. The number of halogens is 4. The maximum atomic E-state index is 7.55. The molecule has 13 heteroatoms. The Morgan fingerprint density at radius 1 is 0.549 bits per heavy atom. The van der Waals surface area contributed by atoms with Gasteiger partial charge in [-0.15, -0.1) is 33.2 Å². The molecule has 0 unspecified atom stereocenters. The van der Waals surface area contributed by atoms with Gasteiger partial charge in [0.25, 0.3) is 0 Å². The van der Waals surface area contributed by atoms with Gasteiger partial charge in [0.1, 0.15) is 0 Å². The van der Waals surface area contributed by atoms with E-state index in [0.717, 1.165) is 74.4 Å². The zero-order valence-electron chi connectivity index (χ0n) is 30.3. The molecule has 51 heavy (non-hydrogen) atoms. The summed E-state index contributed by atoms with van der Waals surface area (Å²) in [5.74, 6) is 2.25. The molecule has 6 nitrogen and oxygen atoms in total. The third-order valence-electron chi connectivity index (χ3n) is 9.17. The van der Waals surface area contributed by atoms with Gasteiger partial charge in [0, 0.05) is 53.8 Å². The van der Waals surface area contributed by atoms with Crippen molar-refractivity contribution in [2.45, 2.75) is 25.7 Å². The minimum absolute atomic E-state index is 0. The van der Waals surface area contributed by atoms with Crippen molar-refractivity contribution in [2.24, 2.45) is 9.98 Å². The van der Waals surface area contributed by atoms with Crippen LogP contribution in [0.2, 0.25) is 0 Å². The van der Waals surface area contributed by atoms with Gasteiger partial charge in [0.05, 0.1) is 0 Å². The summed E-state index contributed by atoms with van der Waals surface area (Å²) in [5, 5.41) is 7.81. The summed E-state index contributed by atoms with van der Waals surface area (Å²) in [6.45, 7) is 6.09. The van der Waals surface area contributed by atoms with Crippen LogP contribution in [0.3, 0.4) is 0 Å². The molecule has 0 spiro atoms. The first-order chi connectivity index (χ1) is 24.0. The molecule has 0 aromatic heterocycles. The molecule has 0 bridgehead atoms. The van der Waals surface area contributed by atoms with Gasteiger partial charge in [-0.1, -0.05) is 121 Å². The van der Waals surface area contributed by atoms with E-state index < -0.39 is 14.2 Å². The average molecular weight is 812 g/mol. The van der Waals surface area contributed by atoms with E-state index in [1.165, 1.54) is 36.3 Å². The molecule has 4 heterocycles. The van der Waals surface area contributed by atoms with E-state index in [4.69, 9.17) is 38.2 Å². The average Bonchev–Trinajstić information content (AvgIpc) is 3.19. The van der Waals surface area contributed by atoms with E-state index in [-0.39, 0.29) is 58.9 Å². The molecule has 2 fully saturated rings.